The molecule has 5 heteroatoms. The number of hydrogen-bond acceptors (Lipinski definition) is 3. The molecule has 0 bridgehead atoms. The Morgan fingerprint density at radius 3 is 1.94 bits per heavy atom. The van der Waals surface area contributed by atoms with Crippen molar-refractivity contribution in [1.29, 1.82) is 0 Å². The van der Waals surface area contributed by atoms with Crippen molar-refractivity contribution in [2.24, 2.45) is 0 Å². The molecule has 0 N–H and O–H groups in total. The highest BCUT2D eigenvalue weighted by molar-refractivity contribution is 7.91. The molecule has 0 aliphatic rings. The smallest absolute Gasteiger partial charge is 0.150 e. The van der Waals surface area contributed by atoms with Crippen LogP contribution in [-0.4, -0.2) is 35.6 Å². The third-order valence-electron chi connectivity index (χ3n) is 2.86. The van der Waals surface area contributed by atoms with Gasteiger partial charge in [-0.25, -0.2) is 8.42 Å². The van der Waals surface area contributed by atoms with E-state index in [-0.39, 0.29) is 0 Å². The third-order valence-corrected chi connectivity index (χ3v) is 6.17. The maximum atomic E-state index is 11.6. The maximum Gasteiger partial charge on any atom is 0.150 e. The van der Waals surface area contributed by atoms with Crippen molar-refractivity contribution in [2.75, 3.05) is 23.0 Å². The van der Waals surface area contributed by atoms with Gasteiger partial charge in [0.25, 0.3) is 0 Å². The predicted molar refractivity (Wildman–Crippen MR) is 80.2 cm³/mol. The van der Waals surface area contributed by atoms with E-state index in [1.807, 2.05) is 6.92 Å². The summed E-state index contributed by atoms with van der Waals surface area (Å²) in [6.45, 7) is 4.10. The molecule has 3 nitrogen and oxygen atoms in total. The second-order valence-corrected chi connectivity index (χ2v) is 8.77. The van der Waals surface area contributed by atoms with Crippen LogP contribution in [0.15, 0.2) is 0 Å². The van der Waals surface area contributed by atoms with Gasteiger partial charge in [0.05, 0.1) is 11.5 Å². The summed E-state index contributed by atoms with van der Waals surface area (Å²) in [6.07, 6.45) is 6.29. The van der Waals surface area contributed by atoms with Crippen LogP contribution in [0.1, 0.15) is 58.8 Å². The number of unbranched alkanes of at least 4 members (excludes halogenated alkanes) is 4. The Hall–Kier alpha value is 0.1000. The summed E-state index contributed by atoms with van der Waals surface area (Å²) < 4.78 is 34.6. The van der Waals surface area contributed by atoms with E-state index < -0.39 is 20.6 Å². The zero-order chi connectivity index (χ0) is 13.9. The topological polar surface area (TPSA) is 51.2 Å². The van der Waals surface area contributed by atoms with Gasteiger partial charge in [0.15, 0.2) is 0 Å². The van der Waals surface area contributed by atoms with Crippen molar-refractivity contribution in [3.05, 3.63) is 0 Å². The fourth-order valence-electron chi connectivity index (χ4n) is 1.64. The normalized spacial score (nSPS) is 13.7. The first-order chi connectivity index (χ1) is 8.52. The average Bonchev–Trinajstić information content (AvgIpc) is 2.33. The Kier molecular flexibility index (Phi) is 11.0. The Bertz CT molecular complexity index is 310. The summed E-state index contributed by atoms with van der Waals surface area (Å²) in [5.41, 5.74) is 0. The standard InChI is InChI=1S/C13H28O3S2/c1-3-5-10-17(14)11-8-7-9-13-18(15,16)12-6-4-2/h3-13H2,1-2H3. The molecule has 0 radical (unpaired) electrons. The second kappa shape index (κ2) is 11.0. The quantitative estimate of drug-likeness (QED) is 0.520. The monoisotopic (exact) mass is 296 g/mol. The van der Waals surface area contributed by atoms with Crippen LogP contribution in [0.2, 0.25) is 0 Å². The van der Waals surface area contributed by atoms with Gasteiger partial charge in [0.2, 0.25) is 0 Å². The molecular weight excluding hydrogens is 268 g/mol. The van der Waals surface area contributed by atoms with Crippen molar-refractivity contribution in [2.45, 2.75) is 58.8 Å². The van der Waals surface area contributed by atoms with Gasteiger partial charge in [-0.15, -0.1) is 0 Å². The molecule has 0 aromatic carbocycles. The van der Waals surface area contributed by atoms with Crippen molar-refractivity contribution >= 4 is 20.6 Å². The van der Waals surface area contributed by atoms with Gasteiger partial charge >= 0.3 is 0 Å². The highest BCUT2D eigenvalue weighted by Crippen LogP contribution is 2.05. The Morgan fingerprint density at radius 2 is 1.33 bits per heavy atom. The first-order valence-electron chi connectivity index (χ1n) is 7.07. The lowest BCUT2D eigenvalue weighted by atomic mass is 10.3. The van der Waals surface area contributed by atoms with Crippen LogP contribution in [-0.2, 0) is 20.6 Å². The van der Waals surface area contributed by atoms with Crippen molar-refractivity contribution < 1.29 is 12.6 Å². The second-order valence-electron chi connectivity index (χ2n) is 4.77. The van der Waals surface area contributed by atoms with E-state index in [2.05, 4.69) is 6.92 Å². The summed E-state index contributed by atoms with van der Waals surface area (Å²) >= 11 is 0. The van der Waals surface area contributed by atoms with Crippen molar-refractivity contribution in [3.63, 3.8) is 0 Å². The molecule has 0 saturated carbocycles. The van der Waals surface area contributed by atoms with E-state index in [1.165, 1.54) is 0 Å². The fourth-order valence-corrected chi connectivity index (χ4v) is 4.55. The van der Waals surface area contributed by atoms with E-state index in [9.17, 15) is 12.6 Å². The van der Waals surface area contributed by atoms with Crippen molar-refractivity contribution in [1.82, 2.24) is 0 Å². The highest BCUT2D eigenvalue weighted by atomic mass is 32.2. The lowest BCUT2D eigenvalue weighted by molar-refractivity contribution is 0.587. The Labute approximate surface area is 115 Å². The average molecular weight is 296 g/mol. The summed E-state index contributed by atoms with van der Waals surface area (Å²) in [5, 5.41) is 0. The first kappa shape index (κ1) is 18.1. The molecule has 0 aliphatic carbocycles. The molecule has 0 amide bonds. The van der Waals surface area contributed by atoms with Gasteiger partial charge in [-0.1, -0.05) is 33.1 Å². The largest absolute Gasteiger partial charge is 0.260 e. The van der Waals surface area contributed by atoms with Gasteiger partial charge in [-0.3, -0.25) is 4.21 Å². The molecular formula is C13H28O3S2. The minimum atomic E-state index is -2.83. The van der Waals surface area contributed by atoms with Gasteiger partial charge in [-0.05, 0) is 25.7 Å². The molecule has 0 aromatic rings. The molecule has 0 saturated heterocycles. The molecule has 1 unspecified atom stereocenters. The maximum absolute atomic E-state index is 11.6. The number of sulfone groups is 1. The molecule has 0 heterocycles. The van der Waals surface area contributed by atoms with Gasteiger partial charge in [0, 0.05) is 22.3 Å². The summed E-state index contributed by atoms with van der Waals surface area (Å²) in [5.74, 6) is 2.15. The van der Waals surface area contributed by atoms with E-state index >= 15 is 0 Å². The summed E-state index contributed by atoms with van der Waals surface area (Å²) in [4.78, 5) is 0. The SMILES string of the molecule is CCCCS(=O)CCCCCS(=O)(=O)CCCC. The molecule has 0 aromatic heterocycles. The minimum Gasteiger partial charge on any atom is -0.260 e. The van der Waals surface area contributed by atoms with E-state index in [0.29, 0.717) is 11.5 Å². The first-order valence-corrected chi connectivity index (χ1v) is 10.4. The molecule has 1 atom stereocenters. The minimum absolute atomic E-state index is 0.300. The third kappa shape index (κ3) is 11.2. The zero-order valence-corrected chi connectivity index (χ0v) is 13.5. The highest BCUT2D eigenvalue weighted by Gasteiger charge is 2.09. The van der Waals surface area contributed by atoms with Gasteiger partial charge in [0.1, 0.15) is 9.84 Å². The van der Waals surface area contributed by atoms with E-state index in [0.717, 1.165) is 56.5 Å². The Balaban J connectivity index is 3.53. The zero-order valence-electron chi connectivity index (χ0n) is 11.8. The lowest BCUT2D eigenvalue weighted by Gasteiger charge is -2.04. The molecule has 110 valence electrons. The fraction of sp³-hybridized carbons (Fsp3) is 1.00. The van der Waals surface area contributed by atoms with Crippen LogP contribution in [0.5, 0.6) is 0 Å². The van der Waals surface area contributed by atoms with Gasteiger partial charge in [-0.2, -0.15) is 0 Å². The summed E-state index contributed by atoms with van der Waals surface area (Å²) in [6, 6.07) is 0. The molecule has 0 rings (SSSR count). The number of rotatable bonds is 12. The molecule has 0 spiro atoms. The van der Waals surface area contributed by atoms with E-state index in [4.69, 9.17) is 0 Å². The molecule has 0 aliphatic heterocycles. The van der Waals surface area contributed by atoms with Crippen LogP contribution in [0, 0.1) is 0 Å². The van der Waals surface area contributed by atoms with Crippen LogP contribution in [0.3, 0.4) is 0 Å². The van der Waals surface area contributed by atoms with Gasteiger partial charge < -0.3 is 0 Å². The van der Waals surface area contributed by atoms with E-state index in [1.54, 1.807) is 0 Å². The van der Waals surface area contributed by atoms with Crippen molar-refractivity contribution in [3.8, 4) is 0 Å². The summed E-state index contributed by atoms with van der Waals surface area (Å²) in [7, 11) is -3.53. The molecule has 0 fully saturated rings. The van der Waals surface area contributed by atoms with Crippen LogP contribution >= 0.6 is 0 Å². The van der Waals surface area contributed by atoms with Crippen LogP contribution < -0.4 is 0 Å². The predicted octanol–water partition coefficient (Wildman–Crippen LogP) is 2.92. The number of hydrogen-bond donors (Lipinski definition) is 0. The lowest BCUT2D eigenvalue weighted by Crippen LogP contribution is -2.11. The van der Waals surface area contributed by atoms with Crippen LogP contribution in [0.4, 0.5) is 0 Å². The Morgan fingerprint density at radius 1 is 0.778 bits per heavy atom. The molecule has 18 heavy (non-hydrogen) atoms. The van der Waals surface area contributed by atoms with Crippen LogP contribution in [0.25, 0.3) is 0 Å².